The lowest BCUT2D eigenvalue weighted by Gasteiger charge is -2.37. The molecular formula is C12H26N2O. The molecule has 0 saturated heterocycles. The van der Waals surface area contributed by atoms with E-state index >= 15 is 0 Å². The van der Waals surface area contributed by atoms with Gasteiger partial charge in [-0.2, -0.15) is 0 Å². The van der Waals surface area contributed by atoms with E-state index in [1.807, 2.05) is 0 Å². The lowest BCUT2D eigenvalue weighted by atomic mass is 9.79. The van der Waals surface area contributed by atoms with E-state index in [1.54, 1.807) is 0 Å². The second kappa shape index (κ2) is 5.28. The van der Waals surface area contributed by atoms with Crippen LogP contribution in [0.15, 0.2) is 0 Å². The number of hydrogen-bond acceptors (Lipinski definition) is 3. The first-order chi connectivity index (χ1) is 6.93. The van der Waals surface area contributed by atoms with Crippen LogP contribution in [0.25, 0.3) is 0 Å². The topological polar surface area (TPSA) is 49.5 Å². The zero-order valence-electron chi connectivity index (χ0n) is 10.4. The maximum absolute atomic E-state index is 9.44. The second-order valence-corrected chi connectivity index (χ2v) is 5.42. The maximum Gasteiger partial charge on any atom is 0.0541 e. The highest BCUT2D eigenvalue weighted by Gasteiger charge is 2.30. The van der Waals surface area contributed by atoms with E-state index in [1.165, 1.54) is 0 Å². The molecule has 90 valence electrons. The summed E-state index contributed by atoms with van der Waals surface area (Å²) in [7, 11) is 2.14. The van der Waals surface area contributed by atoms with Gasteiger partial charge in [0.25, 0.3) is 0 Å². The Kier molecular flexibility index (Phi) is 4.56. The summed E-state index contributed by atoms with van der Waals surface area (Å²) in [5.74, 6) is 0. The molecule has 0 radical (unpaired) electrons. The molecule has 3 N–H and O–H groups in total. The van der Waals surface area contributed by atoms with Crippen molar-refractivity contribution in [2.24, 2.45) is 5.73 Å². The quantitative estimate of drug-likeness (QED) is 0.742. The Morgan fingerprint density at radius 2 is 1.93 bits per heavy atom. The fraction of sp³-hybridized carbons (Fsp3) is 1.00. The summed E-state index contributed by atoms with van der Waals surface area (Å²) >= 11 is 0. The largest absolute Gasteiger partial charge is 0.393 e. The van der Waals surface area contributed by atoms with Crippen molar-refractivity contribution in [3.05, 3.63) is 0 Å². The summed E-state index contributed by atoms with van der Waals surface area (Å²) in [4.78, 5) is 2.33. The molecule has 0 atom stereocenters. The summed E-state index contributed by atoms with van der Waals surface area (Å²) in [6.07, 6.45) is 4.64. The van der Waals surface area contributed by atoms with Crippen LogP contribution in [0.2, 0.25) is 0 Å². The predicted molar refractivity (Wildman–Crippen MR) is 63.8 cm³/mol. The molecule has 1 aliphatic rings. The van der Waals surface area contributed by atoms with Crippen molar-refractivity contribution in [3.8, 4) is 0 Å². The number of nitrogens with two attached hydrogens (primary N) is 1. The first kappa shape index (κ1) is 12.9. The lowest BCUT2D eigenvalue weighted by molar-refractivity contribution is 0.0891. The van der Waals surface area contributed by atoms with E-state index in [-0.39, 0.29) is 11.6 Å². The van der Waals surface area contributed by atoms with Crippen molar-refractivity contribution in [1.29, 1.82) is 0 Å². The van der Waals surface area contributed by atoms with Crippen molar-refractivity contribution in [3.63, 3.8) is 0 Å². The SMILES string of the molecule is CC(C)N(C)CCC1(N)CCC(O)CC1. The molecule has 0 unspecified atom stereocenters. The van der Waals surface area contributed by atoms with Crippen LogP contribution in [-0.4, -0.2) is 41.3 Å². The molecule has 15 heavy (non-hydrogen) atoms. The molecule has 0 aromatic heterocycles. The number of aliphatic hydroxyl groups is 1. The van der Waals surface area contributed by atoms with Crippen molar-refractivity contribution >= 4 is 0 Å². The molecule has 1 saturated carbocycles. The van der Waals surface area contributed by atoms with Crippen LogP contribution in [0.5, 0.6) is 0 Å². The predicted octanol–water partition coefficient (Wildman–Crippen LogP) is 1.35. The third kappa shape index (κ3) is 4.09. The molecule has 0 heterocycles. The Balaban J connectivity index is 2.31. The van der Waals surface area contributed by atoms with E-state index in [0.717, 1.165) is 38.6 Å². The van der Waals surface area contributed by atoms with E-state index in [0.29, 0.717) is 6.04 Å². The number of nitrogens with zero attached hydrogens (tertiary/aromatic N) is 1. The van der Waals surface area contributed by atoms with Gasteiger partial charge in [0.2, 0.25) is 0 Å². The minimum Gasteiger partial charge on any atom is -0.393 e. The van der Waals surface area contributed by atoms with Crippen molar-refractivity contribution in [1.82, 2.24) is 4.90 Å². The molecule has 0 spiro atoms. The fourth-order valence-electron chi connectivity index (χ4n) is 2.08. The van der Waals surface area contributed by atoms with Gasteiger partial charge in [-0.25, -0.2) is 0 Å². The normalized spacial score (nSPS) is 32.6. The molecule has 0 aromatic carbocycles. The van der Waals surface area contributed by atoms with E-state index in [4.69, 9.17) is 5.73 Å². The average molecular weight is 214 g/mol. The third-order valence-electron chi connectivity index (χ3n) is 3.79. The van der Waals surface area contributed by atoms with Crippen LogP contribution in [0.3, 0.4) is 0 Å². The van der Waals surface area contributed by atoms with Gasteiger partial charge in [-0.3, -0.25) is 0 Å². The molecule has 0 bridgehead atoms. The van der Waals surface area contributed by atoms with Crippen LogP contribution in [0, 0.1) is 0 Å². The molecule has 1 aliphatic carbocycles. The number of aliphatic hydroxyl groups excluding tert-OH is 1. The maximum atomic E-state index is 9.44. The Bertz CT molecular complexity index is 186. The standard InChI is InChI=1S/C12H26N2O/c1-10(2)14(3)9-8-12(13)6-4-11(15)5-7-12/h10-11,15H,4-9,13H2,1-3H3. The first-order valence-electron chi connectivity index (χ1n) is 6.10. The summed E-state index contributed by atoms with van der Waals surface area (Å²) in [6.45, 7) is 5.46. The summed E-state index contributed by atoms with van der Waals surface area (Å²) in [6, 6.07) is 0.586. The third-order valence-corrected chi connectivity index (χ3v) is 3.79. The summed E-state index contributed by atoms with van der Waals surface area (Å²) < 4.78 is 0. The number of rotatable bonds is 4. The lowest BCUT2D eigenvalue weighted by Crippen LogP contribution is -2.47. The van der Waals surface area contributed by atoms with Gasteiger partial charge in [-0.05, 0) is 59.5 Å². The second-order valence-electron chi connectivity index (χ2n) is 5.42. The van der Waals surface area contributed by atoms with E-state index in [9.17, 15) is 5.11 Å². The Morgan fingerprint density at radius 1 is 1.40 bits per heavy atom. The minimum atomic E-state index is -0.107. The number of hydrogen-bond donors (Lipinski definition) is 2. The Hall–Kier alpha value is -0.120. The minimum absolute atomic E-state index is 0.0254. The molecular weight excluding hydrogens is 188 g/mol. The molecule has 3 nitrogen and oxygen atoms in total. The van der Waals surface area contributed by atoms with Crippen molar-refractivity contribution < 1.29 is 5.11 Å². The van der Waals surface area contributed by atoms with Gasteiger partial charge in [-0.1, -0.05) is 0 Å². The fourth-order valence-corrected chi connectivity index (χ4v) is 2.08. The summed E-state index contributed by atoms with van der Waals surface area (Å²) in [5.41, 5.74) is 6.31. The van der Waals surface area contributed by atoms with E-state index in [2.05, 4.69) is 25.8 Å². The van der Waals surface area contributed by atoms with Gasteiger partial charge < -0.3 is 15.7 Å². The van der Waals surface area contributed by atoms with Crippen LogP contribution < -0.4 is 5.73 Å². The highest BCUT2D eigenvalue weighted by Crippen LogP contribution is 2.29. The van der Waals surface area contributed by atoms with Crippen LogP contribution in [0.1, 0.15) is 46.0 Å². The van der Waals surface area contributed by atoms with Gasteiger partial charge in [0, 0.05) is 11.6 Å². The highest BCUT2D eigenvalue weighted by molar-refractivity contribution is 4.90. The van der Waals surface area contributed by atoms with Crippen LogP contribution in [-0.2, 0) is 0 Å². The molecule has 3 heteroatoms. The monoisotopic (exact) mass is 214 g/mol. The van der Waals surface area contributed by atoms with Gasteiger partial charge in [0.05, 0.1) is 6.10 Å². The van der Waals surface area contributed by atoms with Gasteiger partial charge >= 0.3 is 0 Å². The zero-order valence-corrected chi connectivity index (χ0v) is 10.4. The van der Waals surface area contributed by atoms with Crippen molar-refractivity contribution in [2.45, 2.75) is 63.6 Å². The molecule has 0 aliphatic heterocycles. The molecule has 0 aromatic rings. The average Bonchev–Trinajstić information content (AvgIpc) is 2.19. The molecule has 0 amide bonds. The molecule has 1 rings (SSSR count). The van der Waals surface area contributed by atoms with Gasteiger partial charge in [0.15, 0.2) is 0 Å². The first-order valence-corrected chi connectivity index (χ1v) is 6.10. The van der Waals surface area contributed by atoms with E-state index < -0.39 is 0 Å². The smallest absolute Gasteiger partial charge is 0.0541 e. The zero-order chi connectivity index (χ0) is 11.5. The van der Waals surface area contributed by atoms with Gasteiger partial charge in [-0.15, -0.1) is 0 Å². The Labute approximate surface area is 93.6 Å². The summed E-state index contributed by atoms with van der Waals surface area (Å²) in [5, 5.41) is 9.44. The van der Waals surface area contributed by atoms with Crippen LogP contribution in [0.4, 0.5) is 0 Å². The molecule has 1 fully saturated rings. The Morgan fingerprint density at radius 3 is 2.40 bits per heavy atom. The highest BCUT2D eigenvalue weighted by atomic mass is 16.3. The van der Waals surface area contributed by atoms with Crippen LogP contribution >= 0.6 is 0 Å². The van der Waals surface area contributed by atoms with Crippen molar-refractivity contribution in [2.75, 3.05) is 13.6 Å². The van der Waals surface area contributed by atoms with Gasteiger partial charge in [0.1, 0.15) is 0 Å².